The van der Waals surface area contributed by atoms with Crippen LogP contribution in [-0.2, 0) is 0 Å². The molecule has 1 atom stereocenters. The number of para-hydroxylation sites is 1. The van der Waals surface area contributed by atoms with Crippen LogP contribution in [0.1, 0.15) is 24.2 Å². The minimum atomic E-state index is -0.475. The molecule has 0 unspecified atom stereocenters. The van der Waals surface area contributed by atoms with Crippen LogP contribution in [-0.4, -0.2) is 19.5 Å². The van der Waals surface area contributed by atoms with E-state index in [2.05, 4.69) is 20.3 Å². The highest BCUT2D eigenvalue weighted by Gasteiger charge is 2.20. The van der Waals surface area contributed by atoms with Gasteiger partial charge in [0, 0.05) is 17.6 Å². The number of nitrogens with one attached hydrogen (secondary N) is 2. The first-order valence-electron chi connectivity index (χ1n) is 10.4. The summed E-state index contributed by atoms with van der Waals surface area (Å²) < 4.78 is 1.60. The third-order valence-electron chi connectivity index (χ3n) is 5.63. The lowest BCUT2D eigenvalue weighted by molar-refractivity contribution is 0.774. The fraction of sp³-hybridized carbons (Fsp3) is 0.0800. The van der Waals surface area contributed by atoms with Crippen molar-refractivity contribution in [2.45, 2.75) is 13.0 Å². The quantitative estimate of drug-likeness (QED) is 0.405. The van der Waals surface area contributed by atoms with Crippen LogP contribution >= 0.6 is 11.6 Å². The molecule has 0 aliphatic rings. The Balaban J connectivity index is 1.72. The largest absolute Gasteiger partial charge is 0.361 e. The molecule has 34 heavy (non-hydrogen) atoms. The molecule has 0 bridgehead atoms. The molecule has 5 rings (SSSR count). The summed E-state index contributed by atoms with van der Waals surface area (Å²) in [5.74, 6) is 0.258. The highest BCUT2D eigenvalue weighted by molar-refractivity contribution is 6.35. The smallest absolute Gasteiger partial charge is 0.264 e. The second-order valence-corrected chi connectivity index (χ2v) is 8.11. The van der Waals surface area contributed by atoms with E-state index >= 15 is 0 Å². The lowest BCUT2D eigenvalue weighted by Crippen LogP contribution is -2.26. The van der Waals surface area contributed by atoms with Gasteiger partial charge in [-0.05, 0) is 36.6 Å². The summed E-state index contributed by atoms with van der Waals surface area (Å²) >= 11 is 6.38. The maximum Gasteiger partial charge on any atom is 0.264 e. The Morgan fingerprint density at radius 3 is 2.65 bits per heavy atom. The topological polar surface area (TPSA) is 116 Å². The van der Waals surface area contributed by atoms with Gasteiger partial charge in [0.1, 0.15) is 34.8 Å². The number of pyridine rings is 2. The summed E-state index contributed by atoms with van der Waals surface area (Å²) in [4.78, 5) is 37.6. The van der Waals surface area contributed by atoms with Gasteiger partial charge in [0.05, 0.1) is 16.5 Å². The van der Waals surface area contributed by atoms with Crippen molar-refractivity contribution in [3.05, 3.63) is 104 Å². The van der Waals surface area contributed by atoms with Crippen molar-refractivity contribution in [1.82, 2.24) is 19.5 Å². The Bertz CT molecular complexity index is 1720. The number of anilines is 1. The summed E-state index contributed by atoms with van der Waals surface area (Å²) in [5, 5.41) is 14.2. The number of nitriles is 1. The number of aromatic nitrogens is 4. The molecule has 0 saturated carbocycles. The number of nitrogens with zero attached hydrogens (tertiary/aromatic N) is 4. The minimum Gasteiger partial charge on any atom is -0.361 e. The number of fused-ring (bicyclic) bond motifs is 2. The molecule has 5 aromatic rings. The van der Waals surface area contributed by atoms with Crippen molar-refractivity contribution < 1.29 is 0 Å². The summed E-state index contributed by atoms with van der Waals surface area (Å²) in [6, 6.07) is 17.9. The normalized spacial score (nSPS) is 11.9. The van der Waals surface area contributed by atoms with Gasteiger partial charge in [0.2, 0.25) is 5.43 Å². The van der Waals surface area contributed by atoms with Crippen LogP contribution in [0.25, 0.3) is 27.5 Å². The zero-order valence-electron chi connectivity index (χ0n) is 17.9. The third kappa shape index (κ3) is 3.49. The highest BCUT2D eigenvalue weighted by atomic mass is 35.5. The minimum absolute atomic E-state index is 0.0421. The SMILES string of the molecule is C[C@H](Nc1ncnc2[nH]cc(C#N)c(=O)c12)c1cc2cccc(Cl)c2c(=O)n1-c1ccccc1. The zero-order chi connectivity index (χ0) is 23.8. The van der Waals surface area contributed by atoms with E-state index in [4.69, 9.17) is 11.6 Å². The number of hydrogen-bond donors (Lipinski definition) is 2. The Labute approximate surface area is 198 Å². The van der Waals surface area contributed by atoms with Gasteiger partial charge in [-0.1, -0.05) is 41.9 Å². The van der Waals surface area contributed by atoms with Crippen molar-refractivity contribution in [3.8, 4) is 11.8 Å². The highest BCUT2D eigenvalue weighted by Crippen LogP contribution is 2.27. The Kier molecular flexibility index (Phi) is 5.32. The van der Waals surface area contributed by atoms with Crippen molar-refractivity contribution in [2.24, 2.45) is 0 Å². The Morgan fingerprint density at radius 1 is 1.09 bits per heavy atom. The first kappa shape index (κ1) is 21.4. The number of rotatable bonds is 4. The fourth-order valence-electron chi connectivity index (χ4n) is 4.02. The summed E-state index contributed by atoms with van der Waals surface area (Å²) in [6.45, 7) is 1.86. The van der Waals surface area contributed by atoms with Crippen molar-refractivity contribution in [2.75, 3.05) is 5.32 Å². The maximum atomic E-state index is 13.6. The van der Waals surface area contributed by atoms with E-state index in [0.29, 0.717) is 32.8 Å². The van der Waals surface area contributed by atoms with Crippen LogP contribution in [0, 0.1) is 11.3 Å². The van der Waals surface area contributed by atoms with E-state index in [1.54, 1.807) is 16.7 Å². The third-order valence-corrected chi connectivity index (χ3v) is 5.94. The Morgan fingerprint density at radius 2 is 1.88 bits per heavy atom. The molecular weight excluding hydrogens is 452 g/mol. The van der Waals surface area contributed by atoms with Crippen molar-refractivity contribution >= 4 is 39.2 Å². The first-order valence-corrected chi connectivity index (χ1v) is 10.8. The average Bonchev–Trinajstić information content (AvgIpc) is 2.84. The second-order valence-electron chi connectivity index (χ2n) is 7.70. The van der Waals surface area contributed by atoms with E-state index in [1.807, 2.05) is 55.5 Å². The van der Waals surface area contributed by atoms with Gasteiger partial charge in [0.15, 0.2) is 0 Å². The molecule has 8 nitrogen and oxygen atoms in total. The average molecular weight is 469 g/mol. The molecule has 3 aromatic heterocycles. The molecule has 0 spiro atoms. The van der Waals surface area contributed by atoms with Crippen LogP contribution in [0.2, 0.25) is 5.02 Å². The van der Waals surface area contributed by atoms with Crippen LogP contribution in [0.4, 0.5) is 5.82 Å². The maximum absolute atomic E-state index is 13.6. The number of hydrogen-bond acceptors (Lipinski definition) is 6. The number of H-pyrrole nitrogens is 1. The van der Waals surface area contributed by atoms with Gasteiger partial charge in [-0.3, -0.25) is 14.2 Å². The standard InChI is InChI=1S/C25H17ClN6O2/c1-14(31-24-21-22(33)16(11-27)12-28-23(21)29-13-30-24)19-10-15-6-5-9-18(26)20(15)25(34)32(19)17-7-3-2-4-8-17/h2-10,12-14H,1H3,(H2,28,29,30,31,33)/t14-/m0/s1. The van der Waals surface area contributed by atoms with Crippen molar-refractivity contribution in [3.63, 3.8) is 0 Å². The molecular formula is C25H17ClN6O2. The number of benzene rings is 2. The zero-order valence-corrected chi connectivity index (χ0v) is 18.7. The first-order chi connectivity index (χ1) is 16.5. The van der Waals surface area contributed by atoms with Gasteiger partial charge in [-0.15, -0.1) is 0 Å². The number of aromatic amines is 1. The summed E-state index contributed by atoms with van der Waals surface area (Å²) in [6.07, 6.45) is 2.65. The molecule has 0 amide bonds. The molecule has 0 radical (unpaired) electrons. The Hall–Kier alpha value is -4.48. The van der Waals surface area contributed by atoms with Crippen LogP contribution in [0.3, 0.4) is 0 Å². The molecule has 2 N–H and O–H groups in total. The lowest BCUT2D eigenvalue weighted by atomic mass is 10.1. The second kappa shape index (κ2) is 8.46. The molecule has 3 heterocycles. The van der Waals surface area contributed by atoms with Gasteiger partial charge in [0.25, 0.3) is 5.56 Å². The molecule has 166 valence electrons. The molecule has 0 aliphatic carbocycles. The monoisotopic (exact) mass is 468 g/mol. The van der Waals surface area contributed by atoms with Gasteiger partial charge < -0.3 is 10.3 Å². The van der Waals surface area contributed by atoms with E-state index < -0.39 is 11.5 Å². The van der Waals surface area contributed by atoms with Crippen LogP contribution < -0.4 is 16.3 Å². The molecule has 0 saturated heterocycles. The summed E-state index contributed by atoms with van der Waals surface area (Å²) in [7, 11) is 0. The predicted octanol–water partition coefficient (Wildman–Crippen LogP) is 4.32. The number of halogens is 1. The van der Waals surface area contributed by atoms with Gasteiger partial charge >= 0.3 is 0 Å². The molecule has 0 aliphatic heterocycles. The lowest BCUT2D eigenvalue weighted by Gasteiger charge is -2.22. The molecule has 2 aromatic carbocycles. The van der Waals surface area contributed by atoms with Crippen LogP contribution in [0.5, 0.6) is 0 Å². The molecule has 0 fully saturated rings. The van der Waals surface area contributed by atoms with Crippen LogP contribution in [0.15, 0.2) is 76.7 Å². The summed E-state index contributed by atoms with van der Waals surface area (Å²) in [5.41, 5.74) is 0.854. The van der Waals surface area contributed by atoms with Gasteiger partial charge in [-0.25, -0.2) is 9.97 Å². The van der Waals surface area contributed by atoms with E-state index in [-0.39, 0.29) is 22.3 Å². The van der Waals surface area contributed by atoms with E-state index in [9.17, 15) is 14.9 Å². The van der Waals surface area contributed by atoms with Crippen molar-refractivity contribution in [1.29, 1.82) is 5.26 Å². The van der Waals surface area contributed by atoms with E-state index in [1.165, 1.54) is 12.5 Å². The van der Waals surface area contributed by atoms with E-state index in [0.717, 1.165) is 0 Å². The molecule has 9 heteroatoms. The predicted molar refractivity (Wildman–Crippen MR) is 131 cm³/mol. The van der Waals surface area contributed by atoms with Gasteiger partial charge in [-0.2, -0.15) is 5.26 Å². The fourth-order valence-corrected chi connectivity index (χ4v) is 4.29.